The van der Waals surface area contributed by atoms with Crippen LogP contribution in [0.2, 0.25) is 0 Å². The normalized spacial score (nSPS) is 11.7. The molecule has 52 heavy (non-hydrogen) atoms. The number of benzene rings is 5. The zero-order valence-electron chi connectivity index (χ0n) is 30.8. The molecule has 0 bridgehead atoms. The molecule has 0 unspecified atom stereocenters. The van der Waals surface area contributed by atoms with Gasteiger partial charge in [-0.05, 0) is 98.8 Å². The second kappa shape index (κ2) is 14.0. The maximum absolute atomic E-state index is 11.0. The lowest BCUT2D eigenvalue weighted by Gasteiger charge is -2.27. The number of aromatic nitrogens is 2. The van der Waals surface area contributed by atoms with Crippen LogP contribution in [0, 0.1) is 0 Å². The minimum absolute atomic E-state index is 0.0327. The molecule has 0 saturated heterocycles. The van der Waals surface area contributed by atoms with Crippen LogP contribution in [0.15, 0.2) is 158 Å². The summed E-state index contributed by atoms with van der Waals surface area (Å²) in [6.07, 6.45) is 1.82. The van der Waals surface area contributed by atoms with Crippen molar-refractivity contribution in [2.24, 2.45) is 0 Å². The highest BCUT2D eigenvalue weighted by molar-refractivity contribution is 5.87. The summed E-state index contributed by atoms with van der Waals surface area (Å²) in [7, 11) is 0. The third-order valence-electron chi connectivity index (χ3n) is 9.51. The van der Waals surface area contributed by atoms with Gasteiger partial charge >= 0.3 is 0 Å². The summed E-state index contributed by atoms with van der Waals surface area (Å²) in [6.45, 7) is 13.6. The van der Waals surface area contributed by atoms with Crippen molar-refractivity contribution in [3.63, 3.8) is 0 Å². The van der Waals surface area contributed by atoms with Crippen molar-refractivity contribution < 1.29 is 5.11 Å². The molecule has 0 saturated carbocycles. The Morgan fingerprint density at radius 1 is 0.462 bits per heavy atom. The molecule has 4 nitrogen and oxygen atoms in total. The summed E-state index contributed by atoms with van der Waals surface area (Å²) in [5, 5.41) is 11.0. The molecular formula is C48H45N3O. The summed E-state index contributed by atoms with van der Waals surface area (Å²) >= 11 is 0. The Morgan fingerprint density at radius 3 is 1.71 bits per heavy atom. The fraction of sp³-hybridized carbons (Fsp3) is 0.167. The molecule has 0 amide bonds. The first-order chi connectivity index (χ1) is 25.0. The SMILES string of the molecule is CC(C)(C)c1cc(-c2cc(-c3cccc(N(c4ccccn4)c4ccccc4-c4ccccc4)n3)cc(-c3ccccc3O)c2)cc(C(C)(C)C)c1. The number of para-hydroxylation sites is 2. The van der Waals surface area contributed by atoms with E-state index in [1.807, 2.05) is 54.7 Å². The third-order valence-corrected chi connectivity index (χ3v) is 9.51. The van der Waals surface area contributed by atoms with Crippen LogP contribution in [0.3, 0.4) is 0 Å². The van der Waals surface area contributed by atoms with Crippen molar-refractivity contribution in [2.75, 3.05) is 4.90 Å². The Labute approximate surface area is 308 Å². The van der Waals surface area contributed by atoms with E-state index in [-0.39, 0.29) is 16.6 Å². The lowest BCUT2D eigenvalue weighted by Crippen LogP contribution is -2.16. The standard InChI is InChI=1S/C48H45N3O/c1-47(2,3)38-30-35(31-39(32-38)48(4,5)6)34-27-36(41-20-11-13-23-44(41)52)29-37(28-34)42-21-16-25-46(50-42)51(45-24-14-15-26-49-45)43-22-12-10-19-40(43)33-17-8-7-9-18-33/h7-32,52H,1-6H3. The molecule has 1 N–H and O–H groups in total. The number of phenols is 1. The Morgan fingerprint density at radius 2 is 1.04 bits per heavy atom. The molecule has 0 spiro atoms. The zero-order valence-corrected chi connectivity index (χ0v) is 30.8. The van der Waals surface area contributed by atoms with Crippen LogP contribution in [0.1, 0.15) is 52.7 Å². The lowest BCUT2D eigenvalue weighted by molar-refractivity contribution is 0.477. The average Bonchev–Trinajstić information content (AvgIpc) is 3.15. The van der Waals surface area contributed by atoms with Gasteiger partial charge in [0.25, 0.3) is 0 Å². The van der Waals surface area contributed by atoms with E-state index in [0.717, 1.165) is 62.0 Å². The zero-order chi connectivity index (χ0) is 36.5. The van der Waals surface area contributed by atoms with Crippen molar-refractivity contribution in [1.82, 2.24) is 9.97 Å². The maximum atomic E-state index is 11.0. The number of nitrogens with zero attached hydrogens (tertiary/aromatic N) is 3. The molecule has 0 aliphatic rings. The van der Waals surface area contributed by atoms with E-state index in [1.54, 1.807) is 6.07 Å². The first-order valence-corrected chi connectivity index (χ1v) is 17.9. The van der Waals surface area contributed by atoms with Gasteiger partial charge in [0, 0.05) is 22.9 Å². The second-order valence-electron chi connectivity index (χ2n) is 15.4. The van der Waals surface area contributed by atoms with Crippen LogP contribution in [0.4, 0.5) is 17.3 Å². The highest BCUT2D eigenvalue weighted by Gasteiger charge is 2.23. The fourth-order valence-corrected chi connectivity index (χ4v) is 6.56. The van der Waals surface area contributed by atoms with Gasteiger partial charge < -0.3 is 5.11 Å². The van der Waals surface area contributed by atoms with Gasteiger partial charge in [0.05, 0.1) is 11.4 Å². The Kier molecular flexibility index (Phi) is 9.25. The smallest absolute Gasteiger partial charge is 0.139 e. The molecular weight excluding hydrogens is 635 g/mol. The van der Waals surface area contributed by atoms with Crippen LogP contribution in [-0.4, -0.2) is 15.1 Å². The number of pyridine rings is 2. The van der Waals surface area contributed by atoms with Crippen molar-refractivity contribution in [3.05, 3.63) is 169 Å². The first kappa shape index (κ1) is 34.4. The van der Waals surface area contributed by atoms with Gasteiger partial charge in [-0.2, -0.15) is 0 Å². The van der Waals surface area contributed by atoms with E-state index in [4.69, 9.17) is 9.97 Å². The van der Waals surface area contributed by atoms with Crippen molar-refractivity contribution in [1.29, 1.82) is 0 Å². The Balaban J connectivity index is 1.44. The van der Waals surface area contributed by atoms with E-state index in [1.165, 1.54) is 11.1 Å². The molecule has 7 rings (SSSR count). The van der Waals surface area contributed by atoms with Crippen LogP contribution >= 0.6 is 0 Å². The highest BCUT2D eigenvalue weighted by atomic mass is 16.3. The van der Waals surface area contributed by atoms with Gasteiger partial charge in [-0.25, -0.2) is 9.97 Å². The molecule has 0 aliphatic carbocycles. The Bertz CT molecular complexity index is 2300. The molecule has 4 heteroatoms. The second-order valence-corrected chi connectivity index (χ2v) is 15.4. The number of aromatic hydroxyl groups is 1. The quantitative estimate of drug-likeness (QED) is 0.182. The summed E-state index contributed by atoms with van der Waals surface area (Å²) in [4.78, 5) is 12.3. The predicted octanol–water partition coefficient (Wildman–Crippen LogP) is 12.9. The summed E-state index contributed by atoms with van der Waals surface area (Å²) in [5.41, 5.74) is 11.4. The van der Waals surface area contributed by atoms with Gasteiger partial charge in [-0.3, -0.25) is 4.90 Å². The minimum atomic E-state index is -0.0327. The first-order valence-electron chi connectivity index (χ1n) is 17.9. The molecule has 5 aromatic carbocycles. The topological polar surface area (TPSA) is 49.2 Å². The van der Waals surface area contributed by atoms with E-state index in [9.17, 15) is 5.11 Å². The molecule has 2 heterocycles. The van der Waals surface area contributed by atoms with Crippen LogP contribution in [-0.2, 0) is 10.8 Å². The van der Waals surface area contributed by atoms with Gasteiger partial charge in [0.15, 0.2) is 0 Å². The number of hydrogen-bond acceptors (Lipinski definition) is 4. The van der Waals surface area contributed by atoms with Gasteiger partial charge in [0.2, 0.25) is 0 Å². The van der Waals surface area contributed by atoms with Crippen LogP contribution in [0.5, 0.6) is 5.75 Å². The van der Waals surface area contributed by atoms with Crippen LogP contribution < -0.4 is 4.90 Å². The van der Waals surface area contributed by atoms with E-state index >= 15 is 0 Å². The maximum Gasteiger partial charge on any atom is 0.139 e. The molecule has 7 aromatic rings. The average molecular weight is 680 g/mol. The van der Waals surface area contributed by atoms with Gasteiger partial charge in [-0.15, -0.1) is 0 Å². The number of anilines is 3. The largest absolute Gasteiger partial charge is 0.507 e. The summed E-state index contributed by atoms with van der Waals surface area (Å²) in [5.74, 6) is 1.76. The monoisotopic (exact) mass is 679 g/mol. The van der Waals surface area contributed by atoms with Crippen molar-refractivity contribution in [2.45, 2.75) is 52.4 Å². The lowest BCUT2D eigenvalue weighted by atomic mass is 9.78. The number of hydrogen-bond donors (Lipinski definition) is 1. The predicted molar refractivity (Wildman–Crippen MR) is 218 cm³/mol. The molecule has 0 aliphatic heterocycles. The Hall–Kier alpha value is -6.00. The highest BCUT2D eigenvalue weighted by Crippen LogP contribution is 2.42. The summed E-state index contributed by atoms with van der Waals surface area (Å²) < 4.78 is 0. The fourth-order valence-electron chi connectivity index (χ4n) is 6.56. The van der Waals surface area contributed by atoms with Crippen molar-refractivity contribution >= 4 is 17.3 Å². The third kappa shape index (κ3) is 7.24. The summed E-state index contributed by atoms with van der Waals surface area (Å²) in [6, 6.07) is 52.0. The van der Waals surface area contributed by atoms with E-state index in [0.29, 0.717) is 0 Å². The van der Waals surface area contributed by atoms with E-state index < -0.39 is 0 Å². The minimum Gasteiger partial charge on any atom is -0.507 e. The van der Waals surface area contributed by atoms with Crippen molar-refractivity contribution in [3.8, 4) is 50.4 Å². The van der Waals surface area contributed by atoms with Gasteiger partial charge in [0.1, 0.15) is 17.4 Å². The van der Waals surface area contributed by atoms with Gasteiger partial charge in [-0.1, -0.05) is 139 Å². The number of rotatable bonds is 7. The molecule has 0 radical (unpaired) electrons. The van der Waals surface area contributed by atoms with Crippen LogP contribution in [0.25, 0.3) is 44.6 Å². The van der Waals surface area contributed by atoms with E-state index in [2.05, 4.69) is 144 Å². The molecule has 0 atom stereocenters. The number of phenolic OH excluding ortho intramolecular Hbond substituents is 1. The molecule has 2 aromatic heterocycles. The molecule has 258 valence electrons. The molecule has 0 fully saturated rings.